The van der Waals surface area contributed by atoms with Crippen LogP contribution in [0, 0.1) is 0 Å². The lowest BCUT2D eigenvalue weighted by molar-refractivity contribution is -0.119. The van der Waals surface area contributed by atoms with Crippen LogP contribution in [0.1, 0.15) is 50.0 Å². The Morgan fingerprint density at radius 3 is 2.30 bits per heavy atom. The van der Waals surface area contributed by atoms with Gasteiger partial charge in [-0.15, -0.1) is 0 Å². The number of rotatable bonds is 3. The Morgan fingerprint density at radius 1 is 1.00 bits per heavy atom. The minimum atomic E-state index is -0.446. The van der Waals surface area contributed by atoms with Gasteiger partial charge in [0.2, 0.25) is 5.91 Å². The van der Waals surface area contributed by atoms with E-state index in [4.69, 9.17) is 0 Å². The van der Waals surface area contributed by atoms with Crippen LogP contribution in [-0.2, 0) is 11.2 Å². The number of carbonyl (C=O) groups is 4. The number of benzene rings is 2. The van der Waals surface area contributed by atoms with Crippen molar-refractivity contribution in [3.63, 3.8) is 0 Å². The Morgan fingerprint density at radius 2 is 1.67 bits per heavy atom. The highest BCUT2D eigenvalue weighted by Crippen LogP contribution is 2.29. The minimum absolute atomic E-state index is 0.0730. The molecular weight excluding hydrogens is 344 g/mol. The van der Waals surface area contributed by atoms with Crippen molar-refractivity contribution in [3.05, 3.63) is 64.7 Å². The Balaban J connectivity index is 1.61. The number of amides is 3. The summed E-state index contributed by atoms with van der Waals surface area (Å²) in [6.07, 6.45) is 1.62. The van der Waals surface area contributed by atoms with Crippen LogP contribution in [0.25, 0.3) is 0 Å². The molecule has 3 amide bonds. The summed E-state index contributed by atoms with van der Waals surface area (Å²) in [4.78, 5) is 52.2. The average molecular weight is 362 g/mol. The molecule has 0 N–H and O–H groups in total. The second-order valence-corrected chi connectivity index (χ2v) is 6.79. The molecule has 0 bridgehead atoms. The Hall–Kier alpha value is -3.28. The molecule has 6 heteroatoms. The van der Waals surface area contributed by atoms with Gasteiger partial charge in [-0.25, -0.2) is 0 Å². The summed E-state index contributed by atoms with van der Waals surface area (Å²) >= 11 is 0. The van der Waals surface area contributed by atoms with Crippen molar-refractivity contribution in [2.45, 2.75) is 19.8 Å². The first-order chi connectivity index (χ1) is 13.0. The third kappa shape index (κ3) is 2.83. The highest BCUT2D eigenvalue weighted by molar-refractivity contribution is 6.22. The van der Waals surface area contributed by atoms with E-state index in [-0.39, 0.29) is 18.2 Å². The average Bonchev–Trinajstić information content (AvgIpc) is 2.92. The largest absolute Gasteiger partial charge is 0.311 e. The second-order valence-electron chi connectivity index (χ2n) is 6.79. The van der Waals surface area contributed by atoms with Crippen LogP contribution in [0.5, 0.6) is 0 Å². The van der Waals surface area contributed by atoms with Crippen molar-refractivity contribution < 1.29 is 19.2 Å². The van der Waals surface area contributed by atoms with Crippen LogP contribution in [0.4, 0.5) is 5.69 Å². The van der Waals surface area contributed by atoms with Gasteiger partial charge in [0.15, 0.2) is 5.78 Å². The fourth-order valence-corrected chi connectivity index (χ4v) is 3.66. The van der Waals surface area contributed by atoms with E-state index in [2.05, 4.69) is 0 Å². The summed E-state index contributed by atoms with van der Waals surface area (Å²) in [6, 6.07) is 11.9. The van der Waals surface area contributed by atoms with Crippen LogP contribution in [0.15, 0.2) is 42.5 Å². The maximum atomic E-state index is 12.9. The molecule has 2 aromatic rings. The standard InChI is InChI=1S/C21H18N2O4/c1-13(24)15-9-8-14-5-4-10-22(18(14)11-15)19(25)12-23-20(26)16-6-2-3-7-17(16)21(23)27/h2-3,6-9,11H,4-5,10,12H2,1H3. The number of hydrogen-bond donors (Lipinski definition) is 0. The summed E-state index contributed by atoms with van der Waals surface area (Å²) < 4.78 is 0. The Kier molecular flexibility index (Phi) is 4.11. The Labute approximate surface area is 156 Å². The van der Waals surface area contributed by atoms with Gasteiger partial charge in [-0.1, -0.05) is 24.3 Å². The highest BCUT2D eigenvalue weighted by Gasteiger charge is 2.37. The van der Waals surface area contributed by atoms with Crippen molar-refractivity contribution >= 4 is 29.2 Å². The molecule has 0 unspecified atom stereocenters. The molecule has 6 nitrogen and oxygen atoms in total. The molecule has 0 saturated heterocycles. The zero-order valence-electron chi connectivity index (χ0n) is 14.9. The van der Waals surface area contributed by atoms with Crippen molar-refractivity contribution in [1.29, 1.82) is 0 Å². The van der Waals surface area contributed by atoms with Crippen molar-refractivity contribution in [2.75, 3.05) is 18.0 Å². The van der Waals surface area contributed by atoms with E-state index in [0.717, 1.165) is 23.3 Å². The second kappa shape index (κ2) is 6.46. The SMILES string of the molecule is CC(=O)c1ccc2c(c1)N(C(=O)CN1C(=O)c3ccccc3C1=O)CCC2. The topological polar surface area (TPSA) is 74.8 Å². The molecule has 2 aromatic carbocycles. The highest BCUT2D eigenvalue weighted by atomic mass is 16.2. The molecule has 0 aromatic heterocycles. The van der Waals surface area contributed by atoms with E-state index in [1.54, 1.807) is 41.3 Å². The molecule has 0 radical (unpaired) electrons. The number of nitrogens with zero attached hydrogens (tertiary/aromatic N) is 2. The van der Waals surface area contributed by atoms with Crippen LogP contribution in [-0.4, -0.2) is 41.5 Å². The van der Waals surface area contributed by atoms with E-state index >= 15 is 0 Å². The van der Waals surface area contributed by atoms with E-state index in [1.807, 2.05) is 6.07 Å². The maximum Gasteiger partial charge on any atom is 0.262 e. The normalized spacial score (nSPS) is 15.6. The van der Waals surface area contributed by atoms with Gasteiger partial charge < -0.3 is 4.90 Å². The van der Waals surface area contributed by atoms with Gasteiger partial charge in [0, 0.05) is 17.8 Å². The van der Waals surface area contributed by atoms with Gasteiger partial charge in [0.25, 0.3) is 11.8 Å². The van der Waals surface area contributed by atoms with Crippen LogP contribution < -0.4 is 4.90 Å². The number of Topliss-reactive ketones (excluding diaryl/α,β-unsaturated/α-hetero) is 1. The number of hydrogen-bond acceptors (Lipinski definition) is 4. The van der Waals surface area contributed by atoms with Gasteiger partial charge in [-0.3, -0.25) is 24.1 Å². The fourth-order valence-electron chi connectivity index (χ4n) is 3.66. The number of imide groups is 1. The molecule has 2 aliphatic heterocycles. The zero-order chi connectivity index (χ0) is 19.1. The first-order valence-corrected chi connectivity index (χ1v) is 8.87. The number of ketones is 1. The molecule has 2 aliphatic rings. The van der Waals surface area contributed by atoms with E-state index in [0.29, 0.717) is 28.9 Å². The summed E-state index contributed by atoms with van der Waals surface area (Å²) in [6.45, 7) is 1.67. The van der Waals surface area contributed by atoms with Gasteiger partial charge in [-0.2, -0.15) is 0 Å². The quantitative estimate of drug-likeness (QED) is 0.621. The number of anilines is 1. The first kappa shape index (κ1) is 17.1. The van der Waals surface area contributed by atoms with Crippen LogP contribution in [0.3, 0.4) is 0 Å². The molecular formula is C21H18N2O4. The first-order valence-electron chi connectivity index (χ1n) is 8.87. The molecule has 0 fully saturated rings. The fraction of sp³-hybridized carbons (Fsp3) is 0.238. The number of carbonyl (C=O) groups excluding carboxylic acids is 4. The van der Waals surface area contributed by atoms with Gasteiger partial charge in [0.05, 0.1) is 11.1 Å². The lowest BCUT2D eigenvalue weighted by Gasteiger charge is -2.31. The molecule has 4 rings (SSSR count). The lowest BCUT2D eigenvalue weighted by Crippen LogP contribution is -2.44. The van der Waals surface area contributed by atoms with Gasteiger partial charge >= 0.3 is 0 Å². The van der Waals surface area contributed by atoms with Gasteiger partial charge in [-0.05, 0) is 43.5 Å². The van der Waals surface area contributed by atoms with Crippen LogP contribution in [0.2, 0.25) is 0 Å². The molecule has 0 aliphatic carbocycles. The predicted octanol–water partition coefficient (Wildman–Crippen LogP) is 2.46. The molecule has 2 heterocycles. The third-order valence-corrected chi connectivity index (χ3v) is 5.08. The predicted molar refractivity (Wildman–Crippen MR) is 98.9 cm³/mol. The molecule has 0 saturated carbocycles. The Bertz CT molecular complexity index is 960. The van der Waals surface area contributed by atoms with E-state index < -0.39 is 11.8 Å². The summed E-state index contributed by atoms with van der Waals surface area (Å²) in [5, 5.41) is 0. The number of fused-ring (bicyclic) bond motifs is 2. The lowest BCUT2D eigenvalue weighted by atomic mass is 9.98. The van der Waals surface area contributed by atoms with E-state index in [9.17, 15) is 19.2 Å². The van der Waals surface area contributed by atoms with Crippen LogP contribution >= 0.6 is 0 Å². The van der Waals surface area contributed by atoms with E-state index in [1.165, 1.54) is 6.92 Å². The van der Waals surface area contributed by atoms with Crippen molar-refractivity contribution in [3.8, 4) is 0 Å². The smallest absolute Gasteiger partial charge is 0.262 e. The number of aryl methyl sites for hydroxylation is 1. The third-order valence-electron chi connectivity index (χ3n) is 5.08. The molecule has 0 spiro atoms. The minimum Gasteiger partial charge on any atom is -0.311 e. The van der Waals surface area contributed by atoms with Gasteiger partial charge in [0.1, 0.15) is 6.54 Å². The monoisotopic (exact) mass is 362 g/mol. The molecule has 0 atom stereocenters. The maximum absolute atomic E-state index is 12.9. The molecule has 136 valence electrons. The summed E-state index contributed by atoms with van der Waals surface area (Å²) in [5.74, 6) is -1.29. The molecule has 27 heavy (non-hydrogen) atoms. The van der Waals surface area contributed by atoms with Crippen molar-refractivity contribution in [1.82, 2.24) is 4.90 Å². The van der Waals surface area contributed by atoms with Crippen molar-refractivity contribution in [2.24, 2.45) is 0 Å². The summed E-state index contributed by atoms with van der Waals surface area (Å²) in [7, 11) is 0. The summed E-state index contributed by atoms with van der Waals surface area (Å²) in [5.41, 5.74) is 2.87. The zero-order valence-corrected chi connectivity index (χ0v) is 14.9.